The number of methoxy groups -OCH3 is 2. The van der Waals surface area contributed by atoms with Crippen molar-refractivity contribution in [1.29, 1.82) is 0 Å². The molecule has 2 aromatic rings. The molecule has 1 fully saturated rings. The number of ether oxygens (including phenoxy) is 3. The maximum Gasteiger partial charge on any atom is 0.330 e. The summed E-state index contributed by atoms with van der Waals surface area (Å²) in [6.45, 7) is 6.10. The molecule has 1 unspecified atom stereocenters. The molecule has 5 rings (SSSR count). The molecular weight excluding hydrogens is 434 g/mol. The Morgan fingerprint density at radius 3 is 2.47 bits per heavy atom. The molecule has 0 aliphatic carbocycles. The molecule has 1 atom stereocenters. The van der Waals surface area contributed by atoms with Gasteiger partial charge in [0, 0.05) is 25.7 Å². The van der Waals surface area contributed by atoms with Crippen LogP contribution < -0.4 is 19.3 Å². The zero-order valence-corrected chi connectivity index (χ0v) is 20.0. The van der Waals surface area contributed by atoms with Gasteiger partial charge in [-0.15, -0.1) is 0 Å². The molecule has 34 heavy (non-hydrogen) atoms. The Bertz CT molecular complexity index is 1080. The Balaban J connectivity index is 1.58. The molecule has 1 aromatic heterocycles. The summed E-state index contributed by atoms with van der Waals surface area (Å²) in [5.74, 6) is 2.06. The molecule has 4 heterocycles. The number of amidine groups is 1. The largest absolute Gasteiger partial charge is 0.497 e. The second-order valence-electron chi connectivity index (χ2n) is 8.71. The highest BCUT2D eigenvalue weighted by Gasteiger charge is 2.39. The summed E-state index contributed by atoms with van der Waals surface area (Å²) in [7, 11) is 3.25. The lowest BCUT2D eigenvalue weighted by atomic mass is 10.0. The van der Waals surface area contributed by atoms with Crippen LogP contribution in [0, 0.1) is 0 Å². The van der Waals surface area contributed by atoms with Gasteiger partial charge in [-0.25, -0.2) is 9.78 Å². The van der Waals surface area contributed by atoms with Gasteiger partial charge in [0.05, 0.1) is 57.6 Å². The number of nitrogens with zero attached hydrogens (tertiary/aromatic N) is 5. The first-order valence-corrected chi connectivity index (χ1v) is 11.8. The van der Waals surface area contributed by atoms with E-state index in [1.54, 1.807) is 24.0 Å². The van der Waals surface area contributed by atoms with Gasteiger partial charge < -0.3 is 19.1 Å². The highest BCUT2D eigenvalue weighted by Crippen LogP contribution is 2.35. The number of amides is 2. The van der Waals surface area contributed by atoms with Crippen molar-refractivity contribution in [3.05, 3.63) is 41.7 Å². The van der Waals surface area contributed by atoms with Gasteiger partial charge in [-0.2, -0.15) is 0 Å². The van der Waals surface area contributed by atoms with E-state index >= 15 is 0 Å². The number of carbonyl (C=O) groups excluding carboxylic acids is 1. The second kappa shape index (κ2) is 9.50. The summed E-state index contributed by atoms with van der Waals surface area (Å²) in [6, 6.07) is 7.89. The smallest absolute Gasteiger partial charge is 0.330 e. The summed E-state index contributed by atoms with van der Waals surface area (Å²) in [4.78, 5) is 29.3. The third kappa shape index (κ3) is 4.16. The number of rotatable bonds is 6. The predicted molar refractivity (Wildman–Crippen MR) is 130 cm³/mol. The van der Waals surface area contributed by atoms with Crippen LogP contribution in [0.4, 0.5) is 16.2 Å². The molecular formula is C25H31N5O4. The van der Waals surface area contributed by atoms with Crippen LogP contribution in [0.1, 0.15) is 31.0 Å². The summed E-state index contributed by atoms with van der Waals surface area (Å²) in [6.07, 6.45) is 3.69. The van der Waals surface area contributed by atoms with E-state index in [0.717, 1.165) is 48.6 Å². The van der Waals surface area contributed by atoms with Gasteiger partial charge in [-0.3, -0.25) is 14.8 Å². The average Bonchev–Trinajstić information content (AvgIpc) is 2.90. The zero-order chi connectivity index (χ0) is 23.7. The first kappa shape index (κ1) is 22.5. The topological polar surface area (TPSA) is 79.7 Å². The molecule has 2 amide bonds. The molecule has 1 aromatic carbocycles. The van der Waals surface area contributed by atoms with Gasteiger partial charge in [0.1, 0.15) is 17.2 Å². The predicted octanol–water partition coefficient (Wildman–Crippen LogP) is 3.31. The monoisotopic (exact) mass is 465 g/mol. The number of carbonyl (C=O) groups is 1. The van der Waals surface area contributed by atoms with Crippen molar-refractivity contribution in [2.45, 2.75) is 32.4 Å². The van der Waals surface area contributed by atoms with Crippen LogP contribution in [0.5, 0.6) is 11.5 Å². The van der Waals surface area contributed by atoms with Crippen molar-refractivity contribution in [3.8, 4) is 11.5 Å². The first-order valence-electron chi connectivity index (χ1n) is 11.8. The fourth-order valence-electron chi connectivity index (χ4n) is 4.72. The summed E-state index contributed by atoms with van der Waals surface area (Å²) in [5.41, 5.74) is 3.43. The third-order valence-corrected chi connectivity index (χ3v) is 6.66. The van der Waals surface area contributed by atoms with Crippen LogP contribution in [0.15, 0.2) is 35.5 Å². The quantitative estimate of drug-likeness (QED) is 0.651. The molecule has 180 valence electrons. The van der Waals surface area contributed by atoms with E-state index in [4.69, 9.17) is 24.2 Å². The van der Waals surface area contributed by atoms with Crippen LogP contribution in [0.2, 0.25) is 0 Å². The molecule has 0 spiro atoms. The number of urea groups is 1. The molecule has 9 heteroatoms. The lowest BCUT2D eigenvalue weighted by molar-refractivity contribution is 0.122. The van der Waals surface area contributed by atoms with E-state index in [9.17, 15) is 4.79 Å². The van der Waals surface area contributed by atoms with Crippen molar-refractivity contribution in [3.63, 3.8) is 0 Å². The van der Waals surface area contributed by atoms with Gasteiger partial charge in [0.15, 0.2) is 5.84 Å². The summed E-state index contributed by atoms with van der Waals surface area (Å²) in [5, 5.41) is 0. The van der Waals surface area contributed by atoms with Gasteiger partial charge >= 0.3 is 6.03 Å². The minimum Gasteiger partial charge on any atom is -0.497 e. The van der Waals surface area contributed by atoms with Gasteiger partial charge in [-0.05, 0) is 36.6 Å². The van der Waals surface area contributed by atoms with E-state index in [2.05, 4.69) is 17.9 Å². The summed E-state index contributed by atoms with van der Waals surface area (Å²) >= 11 is 0. The molecule has 0 radical (unpaired) electrons. The van der Waals surface area contributed by atoms with Gasteiger partial charge in [0.25, 0.3) is 0 Å². The third-order valence-electron chi connectivity index (χ3n) is 6.66. The molecule has 0 N–H and O–H groups in total. The number of benzene rings is 1. The van der Waals surface area contributed by atoms with Gasteiger partial charge in [-0.1, -0.05) is 6.92 Å². The van der Waals surface area contributed by atoms with Crippen LogP contribution in [0.3, 0.4) is 0 Å². The highest BCUT2D eigenvalue weighted by atomic mass is 16.5. The van der Waals surface area contributed by atoms with Crippen molar-refractivity contribution < 1.29 is 19.0 Å². The number of fused-ring (bicyclic) bond motifs is 3. The highest BCUT2D eigenvalue weighted by molar-refractivity contribution is 6.18. The number of aliphatic imine (C=N–C) groups is 1. The van der Waals surface area contributed by atoms with E-state index < -0.39 is 0 Å². The maximum atomic E-state index is 13.8. The number of morpholine rings is 1. The summed E-state index contributed by atoms with van der Waals surface area (Å²) < 4.78 is 16.4. The SMILES string of the molecule is CCC1CCN2C(=O)N(Cc3cc(OC)cc(OC)c3)c3cc(N4CCOCC4)cnc3C2=N1. The molecule has 9 nitrogen and oxygen atoms in total. The Kier molecular flexibility index (Phi) is 6.28. The van der Waals surface area contributed by atoms with Crippen LogP contribution in [-0.4, -0.2) is 74.9 Å². The molecule has 0 bridgehead atoms. The fourth-order valence-corrected chi connectivity index (χ4v) is 4.72. The molecule has 3 aliphatic heterocycles. The van der Waals surface area contributed by atoms with Gasteiger partial charge in [0.2, 0.25) is 0 Å². The fraction of sp³-hybridized carbons (Fsp3) is 0.480. The van der Waals surface area contributed by atoms with Crippen molar-refractivity contribution in [2.75, 3.05) is 56.9 Å². The number of hydrogen-bond acceptors (Lipinski definition) is 7. The van der Waals surface area contributed by atoms with E-state index in [1.807, 2.05) is 24.4 Å². The average molecular weight is 466 g/mol. The Labute approximate surface area is 199 Å². The molecule has 1 saturated heterocycles. The number of aromatic nitrogens is 1. The Morgan fingerprint density at radius 1 is 1.06 bits per heavy atom. The molecule has 3 aliphatic rings. The standard InChI is InChI=1S/C25H31N5O4/c1-4-18-5-6-29-24(27-18)23-22(13-19(15-26-23)28-7-9-34-10-8-28)30(25(29)31)16-17-11-20(32-2)14-21(12-17)33-3/h11-15,18H,4-10,16H2,1-3H3. The van der Waals surface area contributed by atoms with E-state index in [1.165, 1.54) is 0 Å². The minimum atomic E-state index is -0.0801. The zero-order valence-electron chi connectivity index (χ0n) is 20.0. The van der Waals surface area contributed by atoms with Crippen molar-refractivity contribution >= 4 is 23.2 Å². The Morgan fingerprint density at radius 2 is 1.79 bits per heavy atom. The number of hydrogen-bond donors (Lipinski definition) is 0. The Hall–Kier alpha value is -3.33. The van der Waals surface area contributed by atoms with Crippen LogP contribution in [0.25, 0.3) is 0 Å². The lowest BCUT2D eigenvalue weighted by Crippen LogP contribution is -2.54. The maximum absolute atomic E-state index is 13.8. The first-order chi connectivity index (χ1) is 16.6. The second-order valence-corrected chi connectivity index (χ2v) is 8.71. The van der Waals surface area contributed by atoms with E-state index in [0.29, 0.717) is 43.6 Å². The van der Waals surface area contributed by atoms with Crippen molar-refractivity contribution in [2.24, 2.45) is 4.99 Å². The molecule has 0 saturated carbocycles. The lowest BCUT2D eigenvalue weighted by Gasteiger charge is -2.40. The minimum absolute atomic E-state index is 0.0801. The van der Waals surface area contributed by atoms with Crippen LogP contribution in [-0.2, 0) is 11.3 Å². The number of pyridine rings is 1. The number of anilines is 2. The van der Waals surface area contributed by atoms with Crippen molar-refractivity contribution in [1.82, 2.24) is 9.88 Å². The normalized spacial score (nSPS) is 20.0. The van der Waals surface area contributed by atoms with Crippen LogP contribution >= 0.6 is 0 Å². The van der Waals surface area contributed by atoms with E-state index in [-0.39, 0.29) is 12.1 Å².